The molecule has 0 saturated heterocycles. The van der Waals surface area contributed by atoms with Crippen molar-refractivity contribution in [3.05, 3.63) is 58.4 Å². The largest absolute Gasteiger partial charge is 0.487 e. The molecule has 7 nitrogen and oxygen atoms in total. The monoisotopic (exact) mass is 314 g/mol. The predicted octanol–water partition coefficient (Wildman–Crippen LogP) is 0.844. The molecule has 7 heteroatoms. The van der Waals surface area contributed by atoms with Gasteiger partial charge in [-0.15, -0.1) is 0 Å². The first-order valence-corrected chi connectivity index (χ1v) is 6.89. The van der Waals surface area contributed by atoms with E-state index in [0.29, 0.717) is 22.6 Å². The van der Waals surface area contributed by atoms with E-state index in [1.807, 2.05) is 0 Å². The lowest BCUT2D eigenvalue weighted by atomic mass is 10.1. The fourth-order valence-corrected chi connectivity index (χ4v) is 2.14. The molecule has 1 heterocycles. The van der Waals surface area contributed by atoms with Gasteiger partial charge in [-0.2, -0.15) is 0 Å². The van der Waals surface area contributed by atoms with Crippen LogP contribution < -0.4 is 16.2 Å². The van der Waals surface area contributed by atoms with Crippen molar-refractivity contribution < 1.29 is 14.6 Å². The number of nitrogens with two attached hydrogens (primary N) is 2. The summed E-state index contributed by atoms with van der Waals surface area (Å²) in [7, 11) is 0. The van der Waals surface area contributed by atoms with Gasteiger partial charge in [0.05, 0.1) is 17.9 Å². The van der Waals surface area contributed by atoms with Crippen molar-refractivity contribution in [2.24, 2.45) is 11.5 Å². The Morgan fingerprint density at radius 2 is 1.96 bits per heavy atom. The second-order valence-electron chi connectivity index (χ2n) is 4.99. The Labute approximate surface area is 133 Å². The summed E-state index contributed by atoms with van der Waals surface area (Å²) in [6.07, 6.45) is 1.33. The van der Waals surface area contributed by atoms with Crippen LogP contribution in [0.5, 0.6) is 5.75 Å². The molecule has 2 rings (SSSR count). The molecule has 0 unspecified atom stereocenters. The van der Waals surface area contributed by atoms with Crippen LogP contribution in [0.4, 0.5) is 0 Å². The summed E-state index contributed by atoms with van der Waals surface area (Å²) in [5, 5.41) is 16.9. The highest BCUT2D eigenvalue weighted by Crippen LogP contribution is 2.26. The normalized spacial score (nSPS) is 10.3. The van der Waals surface area contributed by atoms with Gasteiger partial charge in [-0.1, -0.05) is 24.3 Å². The van der Waals surface area contributed by atoms with Gasteiger partial charge in [0.2, 0.25) is 0 Å². The van der Waals surface area contributed by atoms with Gasteiger partial charge in [0, 0.05) is 17.3 Å². The van der Waals surface area contributed by atoms with Crippen molar-refractivity contribution in [2.45, 2.75) is 20.1 Å². The number of amidine groups is 1. The second-order valence-corrected chi connectivity index (χ2v) is 4.99. The second kappa shape index (κ2) is 6.89. The molecule has 0 aliphatic carbocycles. The molecule has 2 aromatic rings. The van der Waals surface area contributed by atoms with Crippen LogP contribution in [0.25, 0.3) is 0 Å². The van der Waals surface area contributed by atoms with Crippen LogP contribution in [0.3, 0.4) is 0 Å². The van der Waals surface area contributed by atoms with Gasteiger partial charge in [0.1, 0.15) is 18.2 Å². The smallest absolute Gasteiger partial charge is 0.250 e. The number of aliphatic hydroxyl groups is 1. The van der Waals surface area contributed by atoms with Crippen molar-refractivity contribution in [1.29, 1.82) is 5.41 Å². The maximum atomic E-state index is 11.4. The summed E-state index contributed by atoms with van der Waals surface area (Å²) < 4.78 is 5.72. The van der Waals surface area contributed by atoms with E-state index in [9.17, 15) is 9.90 Å². The molecule has 0 saturated carbocycles. The Kier molecular flexibility index (Phi) is 4.92. The number of ether oxygens (including phenoxy) is 1. The van der Waals surface area contributed by atoms with E-state index in [1.165, 1.54) is 6.20 Å². The Morgan fingerprint density at radius 3 is 2.48 bits per heavy atom. The minimum atomic E-state index is -0.669. The first-order chi connectivity index (χ1) is 10.9. The van der Waals surface area contributed by atoms with Crippen LogP contribution in [0.2, 0.25) is 0 Å². The van der Waals surface area contributed by atoms with E-state index >= 15 is 0 Å². The molecule has 0 spiro atoms. The van der Waals surface area contributed by atoms with Gasteiger partial charge in [-0.3, -0.25) is 15.2 Å². The summed E-state index contributed by atoms with van der Waals surface area (Å²) in [6, 6.07) is 7.02. The van der Waals surface area contributed by atoms with Gasteiger partial charge in [0.25, 0.3) is 5.91 Å². The van der Waals surface area contributed by atoms with Crippen LogP contribution in [0.1, 0.15) is 32.7 Å². The number of hydrogen-bond acceptors (Lipinski definition) is 5. The molecule has 1 aromatic heterocycles. The molecule has 0 aliphatic rings. The Balaban J connectivity index is 2.24. The number of aryl methyl sites for hydroxylation is 1. The van der Waals surface area contributed by atoms with Crippen molar-refractivity contribution >= 4 is 11.7 Å². The van der Waals surface area contributed by atoms with Crippen molar-refractivity contribution in [3.8, 4) is 5.75 Å². The maximum Gasteiger partial charge on any atom is 0.250 e. The highest BCUT2D eigenvalue weighted by molar-refractivity contribution is 5.95. The van der Waals surface area contributed by atoms with E-state index < -0.39 is 5.91 Å². The maximum absolute atomic E-state index is 11.4. The molecule has 0 fully saturated rings. The van der Waals surface area contributed by atoms with Crippen molar-refractivity contribution in [2.75, 3.05) is 0 Å². The number of aliphatic hydroxyl groups excluding tert-OH is 1. The number of pyridine rings is 1. The van der Waals surface area contributed by atoms with E-state index in [4.69, 9.17) is 21.6 Å². The summed E-state index contributed by atoms with van der Waals surface area (Å²) in [5.74, 6) is -0.328. The van der Waals surface area contributed by atoms with Crippen LogP contribution in [-0.2, 0) is 13.2 Å². The van der Waals surface area contributed by atoms with Gasteiger partial charge < -0.3 is 21.3 Å². The molecule has 0 atom stereocenters. The first kappa shape index (κ1) is 16.4. The molecular formula is C16H18N4O3. The first-order valence-electron chi connectivity index (χ1n) is 6.89. The molecule has 0 bridgehead atoms. The fraction of sp³-hybridized carbons (Fsp3) is 0.188. The molecule has 1 aromatic carbocycles. The Bertz CT molecular complexity index is 742. The van der Waals surface area contributed by atoms with Crippen LogP contribution in [0, 0.1) is 12.3 Å². The van der Waals surface area contributed by atoms with E-state index in [1.54, 1.807) is 31.2 Å². The highest BCUT2D eigenvalue weighted by Gasteiger charge is 2.16. The lowest BCUT2D eigenvalue weighted by molar-refractivity contribution is 0.0996. The van der Waals surface area contributed by atoms with Gasteiger partial charge in [-0.25, -0.2) is 0 Å². The minimum Gasteiger partial charge on any atom is -0.487 e. The quantitative estimate of drug-likeness (QED) is 0.463. The SMILES string of the molecule is Cc1ncc(C(N)=O)c(CO)c1OCc1ccc(C(=N)N)cc1. The van der Waals surface area contributed by atoms with Crippen molar-refractivity contribution in [3.63, 3.8) is 0 Å². The number of nitrogens with zero attached hydrogens (tertiary/aromatic N) is 1. The number of hydrogen-bond donors (Lipinski definition) is 4. The van der Waals surface area contributed by atoms with Crippen LogP contribution in [0.15, 0.2) is 30.5 Å². The average Bonchev–Trinajstić information content (AvgIpc) is 2.53. The van der Waals surface area contributed by atoms with Crippen LogP contribution >= 0.6 is 0 Å². The average molecular weight is 314 g/mol. The number of amides is 1. The zero-order valence-electron chi connectivity index (χ0n) is 12.7. The Hall–Kier alpha value is -2.93. The predicted molar refractivity (Wildman–Crippen MR) is 85.2 cm³/mol. The molecule has 0 aliphatic heterocycles. The van der Waals surface area contributed by atoms with Gasteiger partial charge in [0.15, 0.2) is 0 Å². The standard InChI is InChI=1S/C16H18N4O3/c1-9-14(13(7-21)12(6-20-9)16(19)22)23-8-10-2-4-11(5-3-10)15(17)18/h2-6,21H,7-8H2,1H3,(H3,17,18)(H2,19,22). The number of carbonyl (C=O) groups is 1. The number of primary amides is 1. The zero-order chi connectivity index (χ0) is 17.0. The zero-order valence-corrected chi connectivity index (χ0v) is 12.7. The number of rotatable bonds is 6. The lowest BCUT2D eigenvalue weighted by Crippen LogP contribution is -2.16. The summed E-state index contributed by atoms with van der Waals surface area (Å²) in [6.45, 7) is 1.56. The molecule has 0 radical (unpaired) electrons. The van der Waals surface area contributed by atoms with Crippen molar-refractivity contribution in [1.82, 2.24) is 4.98 Å². The Morgan fingerprint density at radius 1 is 1.30 bits per heavy atom. The van der Waals surface area contributed by atoms with Crippen LogP contribution in [-0.4, -0.2) is 21.8 Å². The third-order valence-electron chi connectivity index (χ3n) is 3.39. The number of carbonyl (C=O) groups excluding carboxylic acids is 1. The molecule has 23 heavy (non-hydrogen) atoms. The molecule has 1 amide bonds. The molecular weight excluding hydrogens is 296 g/mol. The van der Waals surface area contributed by atoms with E-state index in [0.717, 1.165) is 5.56 Å². The van der Waals surface area contributed by atoms with Gasteiger partial charge >= 0.3 is 0 Å². The third kappa shape index (κ3) is 3.64. The highest BCUT2D eigenvalue weighted by atomic mass is 16.5. The fourth-order valence-electron chi connectivity index (χ4n) is 2.14. The minimum absolute atomic E-state index is 0.00533. The topological polar surface area (TPSA) is 135 Å². The third-order valence-corrected chi connectivity index (χ3v) is 3.39. The number of benzene rings is 1. The number of nitrogens with one attached hydrogen (secondary N) is 1. The van der Waals surface area contributed by atoms with Gasteiger partial charge in [-0.05, 0) is 12.5 Å². The number of nitrogen functional groups attached to an aromatic ring is 1. The summed E-state index contributed by atoms with van der Waals surface area (Å²) >= 11 is 0. The molecule has 120 valence electrons. The summed E-state index contributed by atoms with van der Waals surface area (Å²) in [4.78, 5) is 15.5. The lowest BCUT2D eigenvalue weighted by Gasteiger charge is -2.15. The van der Waals surface area contributed by atoms with E-state index in [-0.39, 0.29) is 24.6 Å². The number of aromatic nitrogens is 1. The molecule has 6 N–H and O–H groups in total. The summed E-state index contributed by atoms with van der Waals surface area (Å²) in [5.41, 5.74) is 13.2. The van der Waals surface area contributed by atoms with E-state index in [2.05, 4.69) is 4.98 Å².